The first kappa shape index (κ1) is 18.4. The lowest BCUT2D eigenvalue weighted by molar-refractivity contribution is -0.126. The number of benzene rings is 2. The molecule has 2 N–H and O–H groups in total. The van der Waals surface area contributed by atoms with Gasteiger partial charge in [0.05, 0.1) is 11.4 Å². The van der Waals surface area contributed by atoms with Gasteiger partial charge in [0.2, 0.25) is 5.91 Å². The highest BCUT2D eigenvalue weighted by Crippen LogP contribution is 2.24. The number of rotatable bonds is 6. The van der Waals surface area contributed by atoms with E-state index in [1.54, 1.807) is 16.8 Å². The van der Waals surface area contributed by atoms with Gasteiger partial charge in [-0.15, -0.1) is 0 Å². The molecular weight excluding hydrogens is 355 g/mol. The van der Waals surface area contributed by atoms with Gasteiger partial charge in [0.15, 0.2) is 0 Å². The molecule has 1 aromatic heterocycles. The zero-order chi connectivity index (χ0) is 19.5. The van der Waals surface area contributed by atoms with Crippen LogP contribution in [0.5, 0.6) is 0 Å². The van der Waals surface area contributed by atoms with Crippen molar-refractivity contribution in [2.24, 2.45) is 11.8 Å². The number of halogens is 1. The lowest BCUT2D eigenvalue weighted by Gasteiger charge is -2.31. The van der Waals surface area contributed by atoms with E-state index in [9.17, 15) is 9.18 Å². The lowest BCUT2D eigenvalue weighted by Crippen LogP contribution is -2.49. The maximum absolute atomic E-state index is 13.3. The van der Waals surface area contributed by atoms with E-state index in [1.807, 2.05) is 43.5 Å². The molecule has 1 aliphatic rings. The number of aromatic nitrogens is 2. The molecule has 6 heteroatoms. The Labute approximate surface area is 163 Å². The van der Waals surface area contributed by atoms with Crippen LogP contribution in [-0.2, 0) is 11.3 Å². The van der Waals surface area contributed by atoms with E-state index in [4.69, 9.17) is 5.10 Å². The van der Waals surface area contributed by atoms with Gasteiger partial charge in [-0.3, -0.25) is 4.79 Å². The Morgan fingerprint density at radius 2 is 1.93 bits per heavy atom. The maximum Gasteiger partial charge on any atom is 0.223 e. The molecule has 0 aliphatic carbocycles. The number of para-hydroxylation sites is 1. The zero-order valence-electron chi connectivity index (χ0n) is 15.7. The van der Waals surface area contributed by atoms with Crippen LogP contribution in [0.3, 0.4) is 0 Å². The van der Waals surface area contributed by atoms with Gasteiger partial charge in [-0.2, -0.15) is 5.10 Å². The number of hydrogen-bond donors (Lipinski definition) is 2. The number of carbonyl (C=O) groups excluding carboxylic acids is 1. The molecule has 0 radical (unpaired) electrons. The first-order valence-corrected chi connectivity index (χ1v) is 9.50. The van der Waals surface area contributed by atoms with Crippen molar-refractivity contribution in [2.45, 2.75) is 13.5 Å². The van der Waals surface area contributed by atoms with E-state index in [1.165, 1.54) is 12.1 Å². The van der Waals surface area contributed by atoms with E-state index in [0.29, 0.717) is 12.5 Å². The van der Waals surface area contributed by atoms with Crippen LogP contribution in [0.25, 0.3) is 16.9 Å². The summed E-state index contributed by atoms with van der Waals surface area (Å²) in [5.74, 6) is 0.122. The van der Waals surface area contributed by atoms with Gasteiger partial charge in [0.25, 0.3) is 0 Å². The fourth-order valence-electron chi connectivity index (χ4n) is 3.32. The summed E-state index contributed by atoms with van der Waals surface area (Å²) in [6, 6.07) is 16.0. The Balaban J connectivity index is 1.59. The number of nitrogens with one attached hydrogen (secondary N) is 2. The molecule has 2 heterocycles. The van der Waals surface area contributed by atoms with Gasteiger partial charge in [-0.05, 0) is 55.4 Å². The van der Waals surface area contributed by atoms with E-state index in [2.05, 4.69) is 10.6 Å². The van der Waals surface area contributed by atoms with Crippen LogP contribution in [0, 0.1) is 17.7 Å². The second kappa shape index (κ2) is 7.94. The van der Waals surface area contributed by atoms with Crippen molar-refractivity contribution in [3.63, 3.8) is 0 Å². The lowest BCUT2D eigenvalue weighted by atomic mass is 9.88. The van der Waals surface area contributed by atoms with Crippen molar-refractivity contribution in [1.82, 2.24) is 20.4 Å². The van der Waals surface area contributed by atoms with E-state index in [-0.39, 0.29) is 17.6 Å². The molecule has 28 heavy (non-hydrogen) atoms. The van der Waals surface area contributed by atoms with Gasteiger partial charge in [-0.1, -0.05) is 25.1 Å². The molecule has 5 nitrogen and oxygen atoms in total. The first-order chi connectivity index (χ1) is 13.6. The summed E-state index contributed by atoms with van der Waals surface area (Å²) >= 11 is 0. The van der Waals surface area contributed by atoms with Gasteiger partial charge < -0.3 is 10.6 Å². The van der Waals surface area contributed by atoms with E-state index in [0.717, 1.165) is 35.6 Å². The van der Waals surface area contributed by atoms with Gasteiger partial charge in [0, 0.05) is 29.8 Å². The summed E-state index contributed by atoms with van der Waals surface area (Å²) in [7, 11) is 0. The minimum absolute atomic E-state index is 0.0281. The summed E-state index contributed by atoms with van der Waals surface area (Å²) in [6.07, 6.45) is 1.92. The summed E-state index contributed by atoms with van der Waals surface area (Å²) in [6.45, 7) is 4.13. The largest absolute Gasteiger partial charge is 0.352 e. The molecule has 0 bridgehead atoms. The molecule has 1 fully saturated rings. The zero-order valence-corrected chi connectivity index (χ0v) is 15.7. The standard InChI is InChI=1S/C22H23FN4O/c1-15(17-11-24-12-17)22(28)25-13-18-14-27(20-5-3-2-4-6-20)26-21(18)16-7-9-19(23)10-8-16/h2-10,14-15,17,24H,11-13H2,1H3,(H,25,28). The topological polar surface area (TPSA) is 59.0 Å². The highest BCUT2D eigenvalue weighted by atomic mass is 19.1. The van der Waals surface area contributed by atoms with Gasteiger partial charge >= 0.3 is 0 Å². The van der Waals surface area contributed by atoms with E-state index >= 15 is 0 Å². The van der Waals surface area contributed by atoms with Crippen LogP contribution < -0.4 is 10.6 Å². The fourth-order valence-corrected chi connectivity index (χ4v) is 3.32. The predicted octanol–water partition coefficient (Wildman–Crippen LogP) is 3.15. The third kappa shape index (κ3) is 3.82. The molecule has 1 unspecified atom stereocenters. The highest BCUT2D eigenvalue weighted by molar-refractivity contribution is 5.79. The monoisotopic (exact) mass is 378 g/mol. The van der Waals surface area contributed by atoms with Crippen LogP contribution in [0.15, 0.2) is 60.8 Å². The first-order valence-electron chi connectivity index (χ1n) is 9.50. The molecule has 1 saturated heterocycles. The molecule has 0 spiro atoms. The smallest absolute Gasteiger partial charge is 0.223 e. The molecule has 1 amide bonds. The Morgan fingerprint density at radius 3 is 2.57 bits per heavy atom. The van der Waals surface area contributed by atoms with Gasteiger partial charge in [0.1, 0.15) is 5.82 Å². The molecule has 144 valence electrons. The van der Waals surface area contributed by atoms with Crippen molar-refractivity contribution in [3.05, 3.63) is 72.2 Å². The third-order valence-electron chi connectivity index (χ3n) is 5.32. The van der Waals surface area contributed by atoms with Crippen molar-refractivity contribution >= 4 is 5.91 Å². The summed E-state index contributed by atoms with van der Waals surface area (Å²) in [5.41, 5.74) is 3.37. The van der Waals surface area contributed by atoms with Crippen molar-refractivity contribution in [1.29, 1.82) is 0 Å². The molecule has 3 aromatic rings. The molecular formula is C22H23FN4O. The SMILES string of the molecule is CC(C(=O)NCc1cn(-c2ccccc2)nc1-c1ccc(F)cc1)C1CNC1. The molecule has 4 rings (SSSR count). The Kier molecular flexibility index (Phi) is 5.21. The molecule has 2 aromatic carbocycles. The molecule has 0 saturated carbocycles. The predicted molar refractivity (Wildman–Crippen MR) is 106 cm³/mol. The number of nitrogens with zero attached hydrogens (tertiary/aromatic N) is 2. The average Bonchev–Trinajstić information content (AvgIpc) is 3.10. The Bertz CT molecular complexity index is 948. The van der Waals surface area contributed by atoms with Crippen molar-refractivity contribution in [2.75, 3.05) is 13.1 Å². The van der Waals surface area contributed by atoms with E-state index < -0.39 is 0 Å². The minimum atomic E-state index is -0.288. The van der Waals surface area contributed by atoms with Crippen molar-refractivity contribution < 1.29 is 9.18 Å². The summed E-state index contributed by atoms with van der Waals surface area (Å²) in [5, 5.41) is 10.9. The maximum atomic E-state index is 13.3. The van der Waals surface area contributed by atoms with Crippen LogP contribution in [0.1, 0.15) is 12.5 Å². The average molecular weight is 378 g/mol. The highest BCUT2D eigenvalue weighted by Gasteiger charge is 2.28. The van der Waals surface area contributed by atoms with Gasteiger partial charge in [-0.25, -0.2) is 9.07 Å². The van der Waals surface area contributed by atoms with Crippen LogP contribution >= 0.6 is 0 Å². The minimum Gasteiger partial charge on any atom is -0.352 e. The summed E-state index contributed by atoms with van der Waals surface area (Å²) in [4.78, 5) is 12.5. The molecule has 1 aliphatic heterocycles. The number of hydrogen-bond acceptors (Lipinski definition) is 3. The summed E-state index contributed by atoms with van der Waals surface area (Å²) < 4.78 is 15.1. The Morgan fingerprint density at radius 1 is 1.21 bits per heavy atom. The second-order valence-electron chi connectivity index (χ2n) is 7.21. The fraction of sp³-hybridized carbons (Fsp3) is 0.273. The quantitative estimate of drug-likeness (QED) is 0.693. The Hall–Kier alpha value is -2.99. The number of carbonyl (C=O) groups is 1. The van der Waals surface area contributed by atoms with Crippen molar-refractivity contribution in [3.8, 4) is 16.9 Å². The third-order valence-corrected chi connectivity index (χ3v) is 5.32. The second-order valence-corrected chi connectivity index (χ2v) is 7.21. The molecule has 1 atom stereocenters. The van der Waals surface area contributed by atoms with Crippen LogP contribution in [0.4, 0.5) is 4.39 Å². The normalized spacial score (nSPS) is 15.1. The van der Waals surface area contributed by atoms with Crippen LogP contribution in [0.2, 0.25) is 0 Å². The number of amides is 1. The van der Waals surface area contributed by atoms with Crippen LogP contribution in [-0.4, -0.2) is 28.8 Å².